The van der Waals surface area contributed by atoms with Crippen LogP contribution in [0.3, 0.4) is 0 Å². The average Bonchev–Trinajstić information content (AvgIpc) is 3.22. The number of amides is 3. The van der Waals surface area contributed by atoms with Crippen LogP contribution in [-0.4, -0.2) is 49.7 Å². The highest BCUT2D eigenvalue weighted by Gasteiger charge is 2.29. The zero-order chi connectivity index (χ0) is 20.8. The molecule has 1 atom stereocenters. The number of carbonyl (C=O) groups is 2. The van der Waals surface area contributed by atoms with Crippen molar-refractivity contribution < 1.29 is 19.1 Å². The standard InChI is InChI=1S/C23H31N3O4/c27-22(25-23(28)24-11-10-17-5-2-1-3-6-17)16-26-12-4-7-19(26)18-8-9-20-21(15-18)30-14-13-29-20/h5,8-9,15,19H,1-4,6-7,10-14,16H2,(H2,24,25,27,28). The van der Waals surface area contributed by atoms with Crippen LogP contribution >= 0.6 is 0 Å². The van der Waals surface area contributed by atoms with Crippen molar-refractivity contribution in [3.8, 4) is 11.5 Å². The molecule has 30 heavy (non-hydrogen) atoms. The first-order valence-corrected chi connectivity index (χ1v) is 11.1. The Kier molecular flexibility index (Phi) is 6.89. The fraction of sp³-hybridized carbons (Fsp3) is 0.565. The van der Waals surface area contributed by atoms with Crippen molar-refractivity contribution in [2.45, 2.75) is 51.0 Å². The number of fused-ring (bicyclic) bond motifs is 1. The van der Waals surface area contributed by atoms with Crippen molar-refractivity contribution in [1.29, 1.82) is 0 Å². The van der Waals surface area contributed by atoms with Crippen LogP contribution in [0.15, 0.2) is 29.8 Å². The van der Waals surface area contributed by atoms with Crippen molar-refractivity contribution >= 4 is 11.9 Å². The number of nitrogens with zero attached hydrogens (tertiary/aromatic N) is 1. The number of ether oxygens (including phenoxy) is 2. The average molecular weight is 414 g/mol. The second-order valence-corrected chi connectivity index (χ2v) is 8.19. The summed E-state index contributed by atoms with van der Waals surface area (Å²) in [5.41, 5.74) is 2.53. The zero-order valence-electron chi connectivity index (χ0n) is 17.5. The van der Waals surface area contributed by atoms with E-state index in [1.807, 2.05) is 18.2 Å². The normalized spacial score (nSPS) is 21.1. The summed E-state index contributed by atoms with van der Waals surface area (Å²) < 4.78 is 11.3. The monoisotopic (exact) mass is 413 g/mol. The minimum Gasteiger partial charge on any atom is -0.486 e. The molecule has 1 unspecified atom stereocenters. The molecule has 7 heteroatoms. The lowest BCUT2D eigenvalue weighted by Crippen LogP contribution is -2.44. The number of allylic oxidation sites excluding steroid dienone is 1. The first-order chi connectivity index (χ1) is 14.7. The maximum atomic E-state index is 12.4. The van der Waals surface area contributed by atoms with Gasteiger partial charge in [-0.3, -0.25) is 15.0 Å². The van der Waals surface area contributed by atoms with Crippen molar-refractivity contribution in [3.05, 3.63) is 35.4 Å². The van der Waals surface area contributed by atoms with Gasteiger partial charge in [0.2, 0.25) is 5.91 Å². The summed E-state index contributed by atoms with van der Waals surface area (Å²) >= 11 is 0. The number of hydrogen-bond acceptors (Lipinski definition) is 5. The molecule has 162 valence electrons. The Morgan fingerprint density at radius 2 is 1.97 bits per heavy atom. The highest BCUT2D eigenvalue weighted by molar-refractivity contribution is 5.95. The summed E-state index contributed by atoms with van der Waals surface area (Å²) in [6, 6.07) is 5.73. The third-order valence-corrected chi connectivity index (χ3v) is 6.03. The van der Waals surface area contributed by atoms with Crippen LogP contribution in [0.4, 0.5) is 4.79 Å². The van der Waals surface area contributed by atoms with Gasteiger partial charge in [0.05, 0.1) is 6.54 Å². The lowest BCUT2D eigenvalue weighted by Gasteiger charge is -2.26. The smallest absolute Gasteiger partial charge is 0.321 e. The maximum Gasteiger partial charge on any atom is 0.321 e. The second-order valence-electron chi connectivity index (χ2n) is 8.19. The molecule has 2 N–H and O–H groups in total. The van der Waals surface area contributed by atoms with Crippen LogP contribution < -0.4 is 20.1 Å². The molecule has 7 nitrogen and oxygen atoms in total. The van der Waals surface area contributed by atoms with Gasteiger partial charge in [-0.25, -0.2) is 4.79 Å². The quantitative estimate of drug-likeness (QED) is 0.700. The van der Waals surface area contributed by atoms with Crippen molar-refractivity contribution in [2.75, 3.05) is 32.8 Å². The molecule has 1 aromatic rings. The minimum atomic E-state index is -0.411. The van der Waals surface area contributed by atoms with E-state index in [1.54, 1.807) is 0 Å². The third-order valence-electron chi connectivity index (χ3n) is 6.03. The molecular formula is C23H31N3O4. The highest BCUT2D eigenvalue weighted by Crippen LogP contribution is 2.37. The lowest BCUT2D eigenvalue weighted by atomic mass is 9.97. The van der Waals surface area contributed by atoms with E-state index in [9.17, 15) is 9.59 Å². The van der Waals surface area contributed by atoms with Crippen molar-refractivity contribution in [2.24, 2.45) is 0 Å². The number of nitrogens with one attached hydrogen (secondary N) is 2. The predicted molar refractivity (Wildman–Crippen MR) is 114 cm³/mol. The van der Waals surface area contributed by atoms with Crippen LogP contribution in [-0.2, 0) is 4.79 Å². The molecule has 0 saturated carbocycles. The number of hydrogen-bond donors (Lipinski definition) is 2. The van der Waals surface area contributed by atoms with Gasteiger partial charge in [0, 0.05) is 12.6 Å². The van der Waals surface area contributed by atoms with Gasteiger partial charge >= 0.3 is 6.03 Å². The molecule has 0 radical (unpaired) electrons. The van der Waals surface area contributed by atoms with E-state index >= 15 is 0 Å². The minimum absolute atomic E-state index is 0.146. The lowest BCUT2D eigenvalue weighted by molar-refractivity contribution is -0.121. The van der Waals surface area contributed by atoms with Gasteiger partial charge in [0.1, 0.15) is 13.2 Å². The SMILES string of the molecule is O=C(CN1CCCC1c1ccc2c(c1)OCCO2)NC(=O)NCCC1=CCCCC1. The van der Waals surface area contributed by atoms with Crippen LogP contribution in [0.25, 0.3) is 0 Å². The zero-order valence-corrected chi connectivity index (χ0v) is 17.5. The Morgan fingerprint density at radius 3 is 2.80 bits per heavy atom. The molecule has 0 spiro atoms. The number of rotatable bonds is 6. The molecule has 2 aliphatic heterocycles. The molecule has 4 rings (SSSR count). The Hall–Kier alpha value is -2.54. The van der Waals surface area contributed by atoms with E-state index in [2.05, 4.69) is 21.6 Å². The fourth-order valence-corrected chi connectivity index (χ4v) is 4.52. The Balaban J connectivity index is 1.25. The van der Waals surface area contributed by atoms with Crippen molar-refractivity contribution in [1.82, 2.24) is 15.5 Å². The van der Waals surface area contributed by atoms with E-state index in [0.717, 1.165) is 55.7 Å². The molecule has 0 aromatic heterocycles. The number of benzene rings is 1. The molecular weight excluding hydrogens is 382 g/mol. The van der Waals surface area contributed by atoms with Gasteiger partial charge in [0.25, 0.3) is 0 Å². The Bertz CT molecular complexity index is 808. The van der Waals surface area contributed by atoms with Crippen LogP contribution in [0, 0.1) is 0 Å². The van der Waals surface area contributed by atoms with Gasteiger partial charge in [-0.15, -0.1) is 0 Å². The van der Waals surface area contributed by atoms with Gasteiger partial charge in [-0.05, 0) is 69.2 Å². The third kappa shape index (κ3) is 5.33. The van der Waals surface area contributed by atoms with Crippen LogP contribution in [0.5, 0.6) is 11.5 Å². The van der Waals surface area contributed by atoms with E-state index in [1.165, 1.54) is 18.4 Å². The Morgan fingerprint density at radius 1 is 1.10 bits per heavy atom. The first-order valence-electron chi connectivity index (χ1n) is 11.1. The van der Waals surface area contributed by atoms with Crippen LogP contribution in [0.1, 0.15) is 56.6 Å². The molecule has 1 saturated heterocycles. The largest absolute Gasteiger partial charge is 0.486 e. The molecule has 2 heterocycles. The molecule has 1 fully saturated rings. The number of urea groups is 1. The van der Waals surface area contributed by atoms with Gasteiger partial charge < -0.3 is 14.8 Å². The first kappa shape index (κ1) is 20.7. The molecule has 0 bridgehead atoms. The fourth-order valence-electron chi connectivity index (χ4n) is 4.52. The summed E-state index contributed by atoms with van der Waals surface area (Å²) in [5, 5.41) is 5.27. The summed E-state index contributed by atoms with van der Waals surface area (Å²) in [6.45, 7) is 2.73. The van der Waals surface area contributed by atoms with Crippen LogP contribution in [0.2, 0.25) is 0 Å². The molecule has 3 amide bonds. The van der Waals surface area contributed by atoms with Gasteiger partial charge in [0.15, 0.2) is 11.5 Å². The van der Waals surface area contributed by atoms with E-state index in [4.69, 9.17) is 9.47 Å². The van der Waals surface area contributed by atoms with E-state index < -0.39 is 6.03 Å². The summed E-state index contributed by atoms with van der Waals surface area (Å²) in [4.78, 5) is 26.6. The van der Waals surface area contributed by atoms with Gasteiger partial charge in [-0.2, -0.15) is 0 Å². The topological polar surface area (TPSA) is 79.9 Å². The predicted octanol–water partition coefficient (Wildman–Crippen LogP) is 3.31. The highest BCUT2D eigenvalue weighted by atomic mass is 16.6. The number of likely N-dealkylation sites (tertiary alicyclic amines) is 1. The molecule has 3 aliphatic rings. The molecule has 1 aromatic carbocycles. The Labute approximate surface area is 177 Å². The number of carbonyl (C=O) groups excluding carboxylic acids is 2. The summed E-state index contributed by atoms with van der Waals surface area (Å²) in [5.74, 6) is 1.27. The maximum absolute atomic E-state index is 12.4. The number of imide groups is 1. The second kappa shape index (κ2) is 9.98. The van der Waals surface area contributed by atoms with Crippen molar-refractivity contribution in [3.63, 3.8) is 0 Å². The van der Waals surface area contributed by atoms with Gasteiger partial charge in [-0.1, -0.05) is 17.7 Å². The van der Waals surface area contributed by atoms with E-state index in [0.29, 0.717) is 19.8 Å². The summed E-state index contributed by atoms with van der Waals surface area (Å²) in [7, 11) is 0. The molecule has 1 aliphatic carbocycles. The summed E-state index contributed by atoms with van der Waals surface area (Å²) in [6.07, 6.45) is 9.90. The van der Waals surface area contributed by atoms with E-state index in [-0.39, 0.29) is 18.5 Å².